The van der Waals surface area contributed by atoms with Crippen molar-refractivity contribution >= 4 is 12.4 Å². The molecule has 2 rings (SSSR count). The molecule has 1 aliphatic rings. The summed E-state index contributed by atoms with van der Waals surface area (Å²) in [6, 6.07) is 4.33. The summed E-state index contributed by atoms with van der Waals surface area (Å²) in [5.74, 6) is 0.730. The number of aromatic nitrogens is 1. The standard InChI is InChI=1S/C9H14N2.ClH/c10-9(7-3-1-4-7)8-5-2-6-11-8;/h2,5-7,9,11H,1,3-4,10H2;1H/t9-;/m1./s1. The highest BCUT2D eigenvalue weighted by atomic mass is 35.5. The maximum Gasteiger partial charge on any atom is 0.0476 e. The van der Waals surface area contributed by atoms with Crippen molar-refractivity contribution in [3.8, 4) is 0 Å². The molecule has 68 valence electrons. The van der Waals surface area contributed by atoms with Crippen molar-refractivity contribution < 1.29 is 0 Å². The Balaban J connectivity index is 0.000000720. The van der Waals surface area contributed by atoms with Crippen LogP contribution in [0.5, 0.6) is 0 Å². The average Bonchev–Trinajstić information content (AvgIpc) is 2.32. The average molecular weight is 187 g/mol. The number of rotatable bonds is 2. The molecular formula is C9H15ClN2. The molecule has 1 atom stereocenters. The van der Waals surface area contributed by atoms with Gasteiger partial charge in [-0.3, -0.25) is 0 Å². The normalized spacial score (nSPS) is 19.4. The fourth-order valence-electron chi connectivity index (χ4n) is 1.60. The monoisotopic (exact) mass is 186 g/mol. The van der Waals surface area contributed by atoms with Gasteiger partial charge in [-0.05, 0) is 30.9 Å². The fraction of sp³-hybridized carbons (Fsp3) is 0.556. The van der Waals surface area contributed by atoms with Crippen LogP contribution in [0, 0.1) is 5.92 Å². The van der Waals surface area contributed by atoms with Crippen LogP contribution in [0.1, 0.15) is 31.0 Å². The van der Waals surface area contributed by atoms with E-state index in [4.69, 9.17) is 5.73 Å². The van der Waals surface area contributed by atoms with E-state index in [0.29, 0.717) is 0 Å². The third-order valence-electron chi connectivity index (χ3n) is 2.64. The zero-order valence-electron chi connectivity index (χ0n) is 6.99. The van der Waals surface area contributed by atoms with Crippen LogP contribution in [0.4, 0.5) is 0 Å². The van der Waals surface area contributed by atoms with Gasteiger partial charge in [0.25, 0.3) is 0 Å². The van der Waals surface area contributed by atoms with Crippen molar-refractivity contribution in [2.24, 2.45) is 11.7 Å². The molecule has 0 aliphatic heterocycles. The van der Waals surface area contributed by atoms with E-state index in [1.54, 1.807) is 0 Å². The lowest BCUT2D eigenvalue weighted by atomic mass is 9.79. The van der Waals surface area contributed by atoms with Crippen LogP contribution in [0.25, 0.3) is 0 Å². The Bertz CT molecular complexity index is 216. The van der Waals surface area contributed by atoms with Crippen LogP contribution < -0.4 is 5.73 Å². The molecule has 1 saturated carbocycles. The van der Waals surface area contributed by atoms with E-state index in [-0.39, 0.29) is 18.4 Å². The topological polar surface area (TPSA) is 41.8 Å². The molecule has 0 spiro atoms. The van der Waals surface area contributed by atoms with E-state index in [0.717, 1.165) is 5.92 Å². The lowest BCUT2D eigenvalue weighted by Crippen LogP contribution is -2.26. The van der Waals surface area contributed by atoms with Gasteiger partial charge in [-0.2, -0.15) is 0 Å². The van der Waals surface area contributed by atoms with Crippen LogP contribution in [-0.2, 0) is 0 Å². The summed E-state index contributed by atoms with van der Waals surface area (Å²) in [6.07, 6.45) is 5.91. The van der Waals surface area contributed by atoms with Crippen LogP contribution >= 0.6 is 12.4 Å². The van der Waals surface area contributed by atoms with Gasteiger partial charge >= 0.3 is 0 Å². The molecule has 2 nitrogen and oxygen atoms in total. The van der Waals surface area contributed by atoms with Crippen molar-refractivity contribution in [2.45, 2.75) is 25.3 Å². The maximum absolute atomic E-state index is 6.01. The van der Waals surface area contributed by atoms with Gasteiger partial charge in [0.05, 0.1) is 0 Å². The second-order valence-electron chi connectivity index (χ2n) is 3.34. The second kappa shape index (κ2) is 3.97. The van der Waals surface area contributed by atoms with Gasteiger partial charge in [0, 0.05) is 17.9 Å². The van der Waals surface area contributed by atoms with E-state index >= 15 is 0 Å². The summed E-state index contributed by atoms with van der Waals surface area (Å²) >= 11 is 0. The molecule has 3 N–H and O–H groups in total. The minimum absolute atomic E-state index is 0. The first-order chi connectivity index (χ1) is 5.38. The predicted molar refractivity (Wildman–Crippen MR) is 52.3 cm³/mol. The first-order valence-electron chi connectivity index (χ1n) is 4.27. The number of aromatic amines is 1. The minimum Gasteiger partial charge on any atom is -0.364 e. The summed E-state index contributed by atoms with van der Waals surface area (Å²) in [7, 11) is 0. The molecule has 0 bridgehead atoms. The van der Waals surface area contributed by atoms with Gasteiger partial charge in [0.2, 0.25) is 0 Å². The fourth-order valence-corrected chi connectivity index (χ4v) is 1.60. The van der Waals surface area contributed by atoms with Gasteiger partial charge in [-0.25, -0.2) is 0 Å². The molecule has 0 radical (unpaired) electrons. The Kier molecular flexibility index (Phi) is 3.18. The Morgan fingerprint density at radius 1 is 1.50 bits per heavy atom. The molecule has 1 aliphatic carbocycles. The van der Waals surface area contributed by atoms with Crippen molar-refractivity contribution in [1.29, 1.82) is 0 Å². The number of nitrogens with one attached hydrogen (secondary N) is 1. The van der Waals surface area contributed by atoms with E-state index < -0.39 is 0 Å². The molecule has 0 aromatic carbocycles. The zero-order valence-corrected chi connectivity index (χ0v) is 7.81. The van der Waals surface area contributed by atoms with Crippen LogP contribution in [0.2, 0.25) is 0 Å². The largest absolute Gasteiger partial charge is 0.364 e. The SMILES string of the molecule is Cl.N[C@@H](c1ccc[nH]1)C1CCC1. The molecule has 12 heavy (non-hydrogen) atoms. The number of H-pyrrole nitrogens is 1. The summed E-state index contributed by atoms with van der Waals surface area (Å²) in [4.78, 5) is 3.16. The Morgan fingerprint density at radius 3 is 2.67 bits per heavy atom. The summed E-state index contributed by atoms with van der Waals surface area (Å²) in [6.45, 7) is 0. The van der Waals surface area contributed by atoms with Gasteiger partial charge in [0.15, 0.2) is 0 Å². The van der Waals surface area contributed by atoms with Crippen molar-refractivity contribution in [3.63, 3.8) is 0 Å². The maximum atomic E-state index is 6.01. The molecule has 1 aromatic rings. The smallest absolute Gasteiger partial charge is 0.0476 e. The zero-order chi connectivity index (χ0) is 7.68. The van der Waals surface area contributed by atoms with Crippen molar-refractivity contribution in [2.75, 3.05) is 0 Å². The highest BCUT2D eigenvalue weighted by Crippen LogP contribution is 2.35. The third-order valence-corrected chi connectivity index (χ3v) is 2.64. The second-order valence-corrected chi connectivity index (χ2v) is 3.34. The van der Waals surface area contributed by atoms with E-state index in [1.165, 1.54) is 25.0 Å². The van der Waals surface area contributed by atoms with E-state index in [1.807, 2.05) is 12.3 Å². The third kappa shape index (κ3) is 1.65. The van der Waals surface area contributed by atoms with Crippen molar-refractivity contribution in [3.05, 3.63) is 24.0 Å². The molecule has 0 amide bonds. The molecule has 3 heteroatoms. The summed E-state index contributed by atoms with van der Waals surface area (Å²) < 4.78 is 0. The lowest BCUT2D eigenvalue weighted by molar-refractivity contribution is 0.261. The molecule has 1 aromatic heterocycles. The molecule has 0 unspecified atom stereocenters. The molecule has 1 heterocycles. The van der Waals surface area contributed by atoms with Gasteiger partial charge in [-0.1, -0.05) is 6.42 Å². The number of nitrogens with two attached hydrogens (primary N) is 1. The predicted octanol–water partition coefficient (Wildman–Crippen LogP) is 2.24. The highest BCUT2D eigenvalue weighted by molar-refractivity contribution is 5.85. The lowest BCUT2D eigenvalue weighted by Gasteiger charge is -2.30. The Labute approximate surface area is 79.0 Å². The molecule has 1 fully saturated rings. The number of halogens is 1. The quantitative estimate of drug-likeness (QED) is 0.731. The molecule has 0 saturated heterocycles. The molecular weight excluding hydrogens is 172 g/mol. The number of hydrogen-bond acceptors (Lipinski definition) is 1. The highest BCUT2D eigenvalue weighted by Gasteiger charge is 2.25. The van der Waals surface area contributed by atoms with Crippen molar-refractivity contribution in [1.82, 2.24) is 4.98 Å². The number of hydrogen-bond donors (Lipinski definition) is 2. The van der Waals surface area contributed by atoms with Crippen LogP contribution in [-0.4, -0.2) is 4.98 Å². The first kappa shape index (κ1) is 9.62. The van der Waals surface area contributed by atoms with Gasteiger partial charge < -0.3 is 10.7 Å². The van der Waals surface area contributed by atoms with Gasteiger partial charge in [-0.15, -0.1) is 12.4 Å². The Morgan fingerprint density at radius 2 is 2.25 bits per heavy atom. The van der Waals surface area contributed by atoms with Gasteiger partial charge in [0.1, 0.15) is 0 Å². The van der Waals surface area contributed by atoms with Crippen LogP contribution in [0.3, 0.4) is 0 Å². The summed E-state index contributed by atoms with van der Waals surface area (Å²) in [5, 5.41) is 0. The Hall–Kier alpha value is -0.470. The van der Waals surface area contributed by atoms with E-state index in [9.17, 15) is 0 Å². The first-order valence-corrected chi connectivity index (χ1v) is 4.27. The van der Waals surface area contributed by atoms with E-state index in [2.05, 4.69) is 11.1 Å². The van der Waals surface area contributed by atoms with Crippen LogP contribution in [0.15, 0.2) is 18.3 Å². The minimum atomic E-state index is 0. The summed E-state index contributed by atoms with van der Waals surface area (Å²) in [5.41, 5.74) is 7.20.